The minimum Gasteiger partial charge on any atom is -0.489 e. The molecule has 0 heterocycles. The Bertz CT molecular complexity index is 788. The van der Waals surface area contributed by atoms with E-state index in [1.165, 1.54) is 6.07 Å². The smallest absolute Gasteiger partial charge is 0.335 e. The molecule has 0 aliphatic heterocycles. The average Bonchev–Trinajstić information content (AvgIpc) is 2.53. The molecule has 0 saturated carbocycles. The van der Waals surface area contributed by atoms with Crippen molar-refractivity contribution in [2.45, 2.75) is 6.61 Å². The van der Waals surface area contributed by atoms with Gasteiger partial charge in [-0.2, -0.15) is 0 Å². The van der Waals surface area contributed by atoms with E-state index in [0.29, 0.717) is 12.4 Å². The number of carboxylic acid groups (broad SMARTS) is 1. The van der Waals surface area contributed by atoms with E-state index in [1.54, 1.807) is 18.2 Å². The third-order valence-corrected chi connectivity index (χ3v) is 3.36. The van der Waals surface area contributed by atoms with Gasteiger partial charge in [-0.3, -0.25) is 0 Å². The second kappa shape index (κ2) is 5.67. The van der Waals surface area contributed by atoms with Gasteiger partial charge in [-0.05, 0) is 34.5 Å². The Morgan fingerprint density at radius 2 is 1.71 bits per heavy atom. The molecule has 0 bridgehead atoms. The minimum absolute atomic E-state index is 0.227. The Hall–Kier alpha value is -2.81. The van der Waals surface area contributed by atoms with Gasteiger partial charge in [-0.25, -0.2) is 4.79 Å². The van der Waals surface area contributed by atoms with Crippen molar-refractivity contribution in [3.63, 3.8) is 0 Å². The molecule has 0 fully saturated rings. The van der Waals surface area contributed by atoms with E-state index in [4.69, 9.17) is 9.84 Å². The number of aromatic carboxylic acids is 1. The minimum atomic E-state index is -0.953. The van der Waals surface area contributed by atoms with Crippen molar-refractivity contribution in [1.29, 1.82) is 0 Å². The molecule has 0 saturated heterocycles. The van der Waals surface area contributed by atoms with E-state index < -0.39 is 5.97 Å². The molecular formula is C18H14O3. The summed E-state index contributed by atoms with van der Waals surface area (Å²) in [6.45, 7) is 0.407. The standard InChI is InChI=1S/C18H14O3/c19-18(20)14-7-4-9-16(11-14)21-12-15-8-3-6-13-5-1-2-10-17(13)15/h1-11H,12H2,(H,19,20). The molecule has 3 nitrogen and oxygen atoms in total. The fraction of sp³-hybridized carbons (Fsp3) is 0.0556. The van der Waals surface area contributed by atoms with E-state index >= 15 is 0 Å². The van der Waals surface area contributed by atoms with E-state index in [9.17, 15) is 4.79 Å². The van der Waals surface area contributed by atoms with Gasteiger partial charge >= 0.3 is 5.97 Å². The summed E-state index contributed by atoms with van der Waals surface area (Å²) in [5.41, 5.74) is 1.30. The SMILES string of the molecule is O=C(O)c1cccc(OCc2cccc3ccccc23)c1. The lowest BCUT2D eigenvalue weighted by Crippen LogP contribution is -1.99. The maximum atomic E-state index is 10.9. The largest absolute Gasteiger partial charge is 0.489 e. The zero-order valence-electron chi connectivity index (χ0n) is 11.3. The predicted octanol–water partition coefficient (Wildman–Crippen LogP) is 4.12. The van der Waals surface area contributed by atoms with Gasteiger partial charge in [0.2, 0.25) is 0 Å². The molecule has 0 unspecified atom stereocenters. The van der Waals surface area contributed by atoms with Crippen LogP contribution in [0.25, 0.3) is 10.8 Å². The van der Waals surface area contributed by atoms with Gasteiger partial charge < -0.3 is 9.84 Å². The number of rotatable bonds is 4. The Labute approximate surface area is 122 Å². The zero-order valence-corrected chi connectivity index (χ0v) is 11.3. The van der Waals surface area contributed by atoms with Crippen LogP contribution in [0.3, 0.4) is 0 Å². The summed E-state index contributed by atoms with van der Waals surface area (Å²) in [5, 5.41) is 11.3. The number of benzene rings is 3. The third-order valence-electron chi connectivity index (χ3n) is 3.36. The summed E-state index contributed by atoms with van der Waals surface area (Å²) in [6.07, 6.45) is 0. The van der Waals surface area contributed by atoms with Crippen molar-refractivity contribution in [2.24, 2.45) is 0 Å². The molecule has 0 aromatic heterocycles. The van der Waals surface area contributed by atoms with Gasteiger partial charge in [0, 0.05) is 0 Å². The van der Waals surface area contributed by atoms with Crippen LogP contribution < -0.4 is 4.74 Å². The number of hydrogen-bond acceptors (Lipinski definition) is 2. The first-order chi connectivity index (χ1) is 10.2. The second-order valence-corrected chi connectivity index (χ2v) is 4.76. The Morgan fingerprint density at radius 3 is 2.57 bits per heavy atom. The van der Waals surface area contributed by atoms with E-state index in [2.05, 4.69) is 18.2 Å². The fourth-order valence-corrected chi connectivity index (χ4v) is 2.30. The molecule has 1 N–H and O–H groups in total. The molecule has 21 heavy (non-hydrogen) atoms. The summed E-state index contributed by atoms with van der Waals surface area (Å²) in [4.78, 5) is 10.9. The fourth-order valence-electron chi connectivity index (χ4n) is 2.30. The molecule has 3 aromatic carbocycles. The molecule has 0 aliphatic rings. The molecule has 0 atom stereocenters. The highest BCUT2D eigenvalue weighted by Gasteiger charge is 2.05. The predicted molar refractivity (Wildman–Crippen MR) is 81.7 cm³/mol. The highest BCUT2D eigenvalue weighted by atomic mass is 16.5. The van der Waals surface area contributed by atoms with Gasteiger partial charge in [-0.15, -0.1) is 0 Å². The lowest BCUT2D eigenvalue weighted by Gasteiger charge is -2.09. The number of carbonyl (C=O) groups is 1. The number of fused-ring (bicyclic) bond motifs is 1. The van der Waals surface area contributed by atoms with Crippen LogP contribution in [-0.4, -0.2) is 11.1 Å². The Kier molecular flexibility index (Phi) is 3.56. The highest BCUT2D eigenvalue weighted by molar-refractivity contribution is 5.88. The van der Waals surface area contributed by atoms with Crippen LogP contribution in [0.5, 0.6) is 5.75 Å². The lowest BCUT2D eigenvalue weighted by atomic mass is 10.1. The van der Waals surface area contributed by atoms with Gasteiger partial charge in [-0.1, -0.05) is 48.5 Å². The van der Waals surface area contributed by atoms with Crippen LogP contribution in [0.2, 0.25) is 0 Å². The first-order valence-electron chi connectivity index (χ1n) is 6.67. The summed E-state index contributed by atoms with van der Waals surface area (Å²) < 4.78 is 5.73. The summed E-state index contributed by atoms with van der Waals surface area (Å²) in [7, 11) is 0. The Balaban J connectivity index is 1.84. The molecule has 0 spiro atoms. The van der Waals surface area contributed by atoms with Crippen molar-refractivity contribution >= 4 is 16.7 Å². The summed E-state index contributed by atoms with van der Waals surface area (Å²) in [5.74, 6) is -0.395. The maximum Gasteiger partial charge on any atom is 0.335 e. The van der Waals surface area contributed by atoms with Crippen molar-refractivity contribution in [1.82, 2.24) is 0 Å². The van der Waals surface area contributed by atoms with Crippen molar-refractivity contribution in [2.75, 3.05) is 0 Å². The first-order valence-corrected chi connectivity index (χ1v) is 6.67. The molecule has 3 heteroatoms. The number of carboxylic acids is 1. The van der Waals surface area contributed by atoms with Gasteiger partial charge in [0.25, 0.3) is 0 Å². The van der Waals surface area contributed by atoms with Gasteiger partial charge in [0.05, 0.1) is 5.56 Å². The maximum absolute atomic E-state index is 10.9. The zero-order chi connectivity index (χ0) is 14.7. The number of ether oxygens (including phenoxy) is 1. The van der Waals surface area contributed by atoms with Crippen LogP contribution >= 0.6 is 0 Å². The van der Waals surface area contributed by atoms with Gasteiger partial charge in [0.1, 0.15) is 12.4 Å². The molecule has 104 valence electrons. The molecule has 3 aromatic rings. The van der Waals surface area contributed by atoms with Crippen LogP contribution in [-0.2, 0) is 6.61 Å². The van der Waals surface area contributed by atoms with Crippen LogP contribution in [0.1, 0.15) is 15.9 Å². The van der Waals surface area contributed by atoms with Crippen molar-refractivity contribution in [3.05, 3.63) is 77.9 Å². The Morgan fingerprint density at radius 1 is 0.952 bits per heavy atom. The summed E-state index contributed by atoms with van der Waals surface area (Å²) in [6, 6.07) is 20.7. The highest BCUT2D eigenvalue weighted by Crippen LogP contribution is 2.21. The van der Waals surface area contributed by atoms with E-state index in [-0.39, 0.29) is 5.56 Å². The number of hydrogen-bond donors (Lipinski definition) is 1. The van der Waals surface area contributed by atoms with Crippen molar-refractivity contribution < 1.29 is 14.6 Å². The quantitative estimate of drug-likeness (QED) is 0.781. The summed E-state index contributed by atoms with van der Waals surface area (Å²) >= 11 is 0. The molecule has 0 amide bonds. The van der Waals surface area contributed by atoms with Crippen molar-refractivity contribution in [3.8, 4) is 5.75 Å². The average molecular weight is 278 g/mol. The molecular weight excluding hydrogens is 264 g/mol. The molecule has 0 aliphatic carbocycles. The molecule has 3 rings (SSSR count). The topological polar surface area (TPSA) is 46.5 Å². The molecule has 0 radical (unpaired) electrons. The third kappa shape index (κ3) is 2.87. The monoisotopic (exact) mass is 278 g/mol. The normalized spacial score (nSPS) is 10.5. The van der Waals surface area contributed by atoms with Crippen LogP contribution in [0.4, 0.5) is 0 Å². The second-order valence-electron chi connectivity index (χ2n) is 4.76. The van der Waals surface area contributed by atoms with Gasteiger partial charge in [0.15, 0.2) is 0 Å². The van der Waals surface area contributed by atoms with E-state index in [0.717, 1.165) is 16.3 Å². The lowest BCUT2D eigenvalue weighted by molar-refractivity contribution is 0.0696. The van der Waals surface area contributed by atoms with Crippen LogP contribution in [0.15, 0.2) is 66.7 Å². The van der Waals surface area contributed by atoms with Crippen LogP contribution in [0, 0.1) is 0 Å². The first kappa shape index (κ1) is 13.2. The van der Waals surface area contributed by atoms with E-state index in [1.807, 2.05) is 24.3 Å².